The van der Waals surface area contributed by atoms with Gasteiger partial charge in [-0.25, -0.2) is 4.79 Å². The van der Waals surface area contributed by atoms with E-state index in [1.54, 1.807) is 24.3 Å². The van der Waals surface area contributed by atoms with Crippen LogP contribution in [0, 0.1) is 0 Å². The predicted octanol–water partition coefficient (Wildman–Crippen LogP) is 1.99. The minimum absolute atomic E-state index is 0.0418. The van der Waals surface area contributed by atoms with Crippen molar-refractivity contribution in [3.8, 4) is 11.5 Å². The van der Waals surface area contributed by atoms with Crippen LogP contribution in [0.2, 0.25) is 5.02 Å². The van der Waals surface area contributed by atoms with Crippen molar-refractivity contribution in [2.24, 2.45) is 0 Å². The van der Waals surface area contributed by atoms with E-state index in [0.717, 1.165) is 0 Å². The Labute approximate surface area is 107 Å². The zero-order chi connectivity index (χ0) is 13.0. The SMILES string of the molecule is O=C(O)COCc1nnc(-c2cccc(Cl)c2)o1. The van der Waals surface area contributed by atoms with Crippen LogP contribution in [0.25, 0.3) is 11.5 Å². The van der Waals surface area contributed by atoms with Crippen molar-refractivity contribution >= 4 is 17.6 Å². The number of hydrogen-bond acceptors (Lipinski definition) is 5. The summed E-state index contributed by atoms with van der Waals surface area (Å²) in [5.74, 6) is -0.526. The first kappa shape index (κ1) is 12.5. The summed E-state index contributed by atoms with van der Waals surface area (Å²) < 4.78 is 10.1. The Morgan fingerprint density at radius 1 is 1.44 bits per heavy atom. The molecule has 1 heterocycles. The first-order valence-electron chi connectivity index (χ1n) is 5.03. The van der Waals surface area contributed by atoms with Crippen LogP contribution in [0.1, 0.15) is 5.89 Å². The Bertz CT molecular complexity index is 555. The average Bonchev–Trinajstić information content (AvgIpc) is 2.77. The van der Waals surface area contributed by atoms with Crippen LogP contribution < -0.4 is 0 Å². The molecule has 0 spiro atoms. The van der Waals surface area contributed by atoms with Crippen molar-refractivity contribution in [1.82, 2.24) is 10.2 Å². The number of carboxylic acid groups (broad SMARTS) is 1. The Morgan fingerprint density at radius 2 is 2.28 bits per heavy atom. The standard InChI is InChI=1S/C11H9ClN2O4/c12-8-3-1-2-7(4-8)11-14-13-9(18-11)5-17-6-10(15)16/h1-4H,5-6H2,(H,15,16). The van der Waals surface area contributed by atoms with Crippen LogP contribution in [0.15, 0.2) is 28.7 Å². The first-order valence-corrected chi connectivity index (χ1v) is 5.41. The van der Waals surface area contributed by atoms with E-state index in [4.69, 9.17) is 25.9 Å². The van der Waals surface area contributed by atoms with E-state index in [2.05, 4.69) is 10.2 Å². The van der Waals surface area contributed by atoms with E-state index in [1.807, 2.05) is 0 Å². The Morgan fingerprint density at radius 3 is 3.00 bits per heavy atom. The molecule has 1 aromatic heterocycles. The second-order valence-corrected chi connectivity index (χ2v) is 3.83. The van der Waals surface area contributed by atoms with Gasteiger partial charge in [-0.3, -0.25) is 0 Å². The molecule has 94 valence electrons. The molecule has 0 atom stereocenters. The lowest BCUT2D eigenvalue weighted by Gasteiger charge is -1.96. The van der Waals surface area contributed by atoms with Crippen LogP contribution in [0.4, 0.5) is 0 Å². The summed E-state index contributed by atoms with van der Waals surface area (Å²) in [6, 6.07) is 6.97. The fraction of sp³-hybridized carbons (Fsp3) is 0.182. The van der Waals surface area contributed by atoms with Gasteiger partial charge >= 0.3 is 5.97 Å². The molecule has 0 bridgehead atoms. The normalized spacial score (nSPS) is 10.5. The fourth-order valence-electron chi connectivity index (χ4n) is 1.28. The monoisotopic (exact) mass is 268 g/mol. The lowest BCUT2D eigenvalue weighted by molar-refractivity contribution is -0.142. The highest BCUT2D eigenvalue weighted by Gasteiger charge is 2.09. The topological polar surface area (TPSA) is 85.5 Å². The van der Waals surface area contributed by atoms with Gasteiger partial charge in [-0.2, -0.15) is 0 Å². The summed E-state index contributed by atoms with van der Waals surface area (Å²) in [7, 11) is 0. The molecule has 0 saturated carbocycles. The summed E-state index contributed by atoms with van der Waals surface area (Å²) in [6.07, 6.45) is 0. The van der Waals surface area contributed by atoms with Gasteiger partial charge in [0.2, 0.25) is 11.8 Å². The van der Waals surface area contributed by atoms with Crippen molar-refractivity contribution < 1.29 is 19.1 Å². The highest BCUT2D eigenvalue weighted by Crippen LogP contribution is 2.21. The van der Waals surface area contributed by atoms with Crippen LogP contribution >= 0.6 is 11.6 Å². The molecule has 0 fully saturated rings. The number of aliphatic carboxylic acids is 1. The van der Waals surface area contributed by atoms with Crippen LogP contribution in [-0.4, -0.2) is 27.9 Å². The minimum atomic E-state index is -1.05. The van der Waals surface area contributed by atoms with Crippen LogP contribution in [-0.2, 0) is 16.1 Å². The quantitative estimate of drug-likeness (QED) is 0.892. The maximum atomic E-state index is 10.2. The number of ether oxygens (including phenoxy) is 1. The largest absolute Gasteiger partial charge is 0.480 e. The molecule has 18 heavy (non-hydrogen) atoms. The number of nitrogens with zero attached hydrogens (tertiary/aromatic N) is 2. The second-order valence-electron chi connectivity index (χ2n) is 3.40. The maximum Gasteiger partial charge on any atom is 0.329 e. The molecule has 7 heteroatoms. The van der Waals surface area contributed by atoms with E-state index < -0.39 is 12.6 Å². The number of halogens is 1. The molecule has 0 aliphatic heterocycles. The maximum absolute atomic E-state index is 10.2. The van der Waals surface area contributed by atoms with Gasteiger partial charge in [-0.05, 0) is 18.2 Å². The van der Waals surface area contributed by atoms with E-state index in [9.17, 15) is 4.79 Å². The number of carbonyl (C=O) groups is 1. The van der Waals surface area contributed by atoms with Gasteiger partial charge in [0.25, 0.3) is 0 Å². The number of carboxylic acids is 1. The third-order valence-corrected chi connectivity index (χ3v) is 2.22. The minimum Gasteiger partial charge on any atom is -0.480 e. The highest BCUT2D eigenvalue weighted by molar-refractivity contribution is 6.30. The van der Waals surface area contributed by atoms with Gasteiger partial charge in [0.15, 0.2) is 0 Å². The average molecular weight is 269 g/mol. The molecule has 2 aromatic rings. The molecule has 0 saturated heterocycles. The molecule has 6 nitrogen and oxygen atoms in total. The van der Waals surface area contributed by atoms with E-state index >= 15 is 0 Å². The van der Waals surface area contributed by atoms with Gasteiger partial charge in [0, 0.05) is 10.6 Å². The molecule has 1 aromatic carbocycles. The van der Waals surface area contributed by atoms with Crippen molar-refractivity contribution in [3.63, 3.8) is 0 Å². The zero-order valence-corrected chi connectivity index (χ0v) is 9.92. The summed E-state index contributed by atoms with van der Waals surface area (Å²) >= 11 is 5.84. The summed E-state index contributed by atoms with van der Waals surface area (Å²) in [6.45, 7) is -0.450. The molecule has 1 N–H and O–H groups in total. The molecule has 2 rings (SSSR count). The highest BCUT2D eigenvalue weighted by atomic mass is 35.5. The molecule has 0 unspecified atom stereocenters. The smallest absolute Gasteiger partial charge is 0.329 e. The Kier molecular flexibility index (Phi) is 3.91. The Balaban J connectivity index is 2.04. The second kappa shape index (κ2) is 5.61. The van der Waals surface area contributed by atoms with Crippen molar-refractivity contribution in [2.75, 3.05) is 6.61 Å². The van der Waals surface area contributed by atoms with E-state index in [0.29, 0.717) is 16.5 Å². The van der Waals surface area contributed by atoms with Gasteiger partial charge < -0.3 is 14.3 Å². The zero-order valence-electron chi connectivity index (χ0n) is 9.17. The third kappa shape index (κ3) is 3.28. The van der Waals surface area contributed by atoms with Crippen LogP contribution in [0.3, 0.4) is 0 Å². The van der Waals surface area contributed by atoms with Crippen molar-refractivity contribution in [3.05, 3.63) is 35.2 Å². The Hall–Kier alpha value is -1.92. The number of rotatable bonds is 5. The van der Waals surface area contributed by atoms with Crippen molar-refractivity contribution in [2.45, 2.75) is 6.61 Å². The number of aromatic nitrogens is 2. The van der Waals surface area contributed by atoms with Crippen LogP contribution in [0.5, 0.6) is 0 Å². The lowest BCUT2D eigenvalue weighted by Crippen LogP contribution is -2.06. The number of benzene rings is 1. The third-order valence-electron chi connectivity index (χ3n) is 1.99. The van der Waals surface area contributed by atoms with Gasteiger partial charge in [-0.1, -0.05) is 17.7 Å². The van der Waals surface area contributed by atoms with E-state index in [-0.39, 0.29) is 12.5 Å². The summed E-state index contributed by atoms with van der Waals surface area (Å²) in [5, 5.41) is 16.5. The molecule has 0 aliphatic carbocycles. The first-order chi connectivity index (χ1) is 8.65. The molecule has 0 aliphatic rings. The summed E-state index contributed by atoms with van der Waals surface area (Å²) in [5.41, 5.74) is 0.694. The van der Waals surface area contributed by atoms with Gasteiger partial charge in [0.1, 0.15) is 13.2 Å². The molecule has 0 radical (unpaired) electrons. The lowest BCUT2D eigenvalue weighted by atomic mass is 10.2. The van der Waals surface area contributed by atoms with Gasteiger partial charge in [-0.15, -0.1) is 10.2 Å². The molecule has 0 amide bonds. The summed E-state index contributed by atoms with van der Waals surface area (Å²) in [4.78, 5) is 10.2. The molecular formula is C11H9ClN2O4. The molecular weight excluding hydrogens is 260 g/mol. The van der Waals surface area contributed by atoms with E-state index in [1.165, 1.54) is 0 Å². The van der Waals surface area contributed by atoms with Crippen molar-refractivity contribution in [1.29, 1.82) is 0 Å². The number of hydrogen-bond donors (Lipinski definition) is 1. The predicted molar refractivity (Wildman–Crippen MR) is 62.0 cm³/mol. The fourth-order valence-corrected chi connectivity index (χ4v) is 1.47. The van der Waals surface area contributed by atoms with Gasteiger partial charge in [0.05, 0.1) is 0 Å².